The number of furan rings is 1. The molecule has 40 heavy (non-hydrogen) atoms. The van der Waals surface area contributed by atoms with Gasteiger partial charge in [0.1, 0.15) is 11.3 Å². The molecule has 5 rings (SSSR count). The maximum Gasteiger partial charge on any atom is 0.315 e. The number of nitrogens with zero attached hydrogens (tertiary/aromatic N) is 4. The van der Waals surface area contributed by atoms with E-state index in [1.165, 1.54) is 19.4 Å². The van der Waals surface area contributed by atoms with Gasteiger partial charge in [-0.1, -0.05) is 25.1 Å². The molecule has 0 unspecified atom stereocenters. The van der Waals surface area contributed by atoms with Gasteiger partial charge in [-0.05, 0) is 49.7 Å². The lowest BCUT2D eigenvalue weighted by atomic mass is 10.1. The molecule has 0 saturated carbocycles. The third kappa shape index (κ3) is 4.84. The zero-order valence-electron chi connectivity index (χ0n) is 22.3. The van der Waals surface area contributed by atoms with Gasteiger partial charge in [-0.2, -0.15) is 9.78 Å². The van der Waals surface area contributed by atoms with Crippen LogP contribution >= 0.6 is 0 Å². The molecule has 0 amide bonds. The summed E-state index contributed by atoms with van der Waals surface area (Å²) in [5, 5.41) is 17.4. The molecule has 0 bridgehead atoms. The zero-order chi connectivity index (χ0) is 28.4. The molecule has 0 N–H and O–H groups in total. The number of nitro benzene ring substituents is 1. The van der Waals surface area contributed by atoms with Crippen LogP contribution in [0.5, 0.6) is 17.2 Å². The van der Waals surface area contributed by atoms with Gasteiger partial charge < -0.3 is 18.6 Å². The lowest BCUT2D eigenvalue weighted by Gasteiger charge is -2.16. The Balaban J connectivity index is 1.68. The van der Waals surface area contributed by atoms with Gasteiger partial charge in [-0.3, -0.25) is 14.9 Å². The monoisotopic (exact) mass is 542 g/mol. The first kappa shape index (κ1) is 26.4. The Morgan fingerprint density at radius 3 is 2.58 bits per heavy atom. The van der Waals surface area contributed by atoms with E-state index >= 15 is 0 Å². The predicted octanol–water partition coefficient (Wildman–Crippen LogP) is 5.79. The van der Waals surface area contributed by atoms with Gasteiger partial charge in [-0.15, -0.1) is 0 Å². The number of methoxy groups -OCH3 is 2. The highest BCUT2D eigenvalue weighted by molar-refractivity contribution is 5.89. The summed E-state index contributed by atoms with van der Waals surface area (Å²) < 4.78 is 23.8. The Kier molecular flexibility index (Phi) is 7.19. The van der Waals surface area contributed by atoms with E-state index < -0.39 is 10.5 Å². The highest BCUT2D eigenvalue weighted by Gasteiger charge is 2.24. The van der Waals surface area contributed by atoms with E-state index in [4.69, 9.17) is 18.6 Å². The van der Waals surface area contributed by atoms with Gasteiger partial charge in [0.2, 0.25) is 11.6 Å². The number of ether oxygens (including phenoxy) is 3. The Morgan fingerprint density at radius 1 is 1.07 bits per heavy atom. The quantitative estimate of drug-likeness (QED) is 0.130. The van der Waals surface area contributed by atoms with E-state index in [1.54, 1.807) is 61.7 Å². The van der Waals surface area contributed by atoms with Crippen LogP contribution in [0.25, 0.3) is 33.5 Å². The summed E-state index contributed by atoms with van der Waals surface area (Å²) in [5.41, 5.74) is 0.601. The fraction of sp³-hybridized carbons (Fsp3) is 0.207. The average Bonchev–Trinajstić information content (AvgIpc) is 3.41. The largest absolute Gasteiger partial charge is 0.496 e. The van der Waals surface area contributed by atoms with Gasteiger partial charge in [-0.25, -0.2) is 4.98 Å². The Morgan fingerprint density at radius 2 is 1.85 bits per heavy atom. The van der Waals surface area contributed by atoms with Crippen molar-refractivity contribution in [2.75, 3.05) is 14.2 Å². The number of benzene rings is 3. The first-order chi connectivity index (χ1) is 19.3. The standard InChI is InChI=1S/C29H26N4O7/c1-5-17(2)39-27-22(33(35)36)13-18(14-25(27)38-4)16-30-32-28(31-21-10-7-6-9-19(21)29(32)34)26-15-20-23(37-3)11-8-12-24(20)40-26/h6-17H,5H2,1-4H3/t17-/m1/s1. The van der Waals surface area contributed by atoms with E-state index in [0.29, 0.717) is 45.4 Å². The minimum Gasteiger partial charge on any atom is -0.496 e. The number of nitro groups is 1. The van der Waals surface area contributed by atoms with E-state index in [-0.39, 0.29) is 29.1 Å². The molecular weight excluding hydrogens is 516 g/mol. The molecule has 0 fully saturated rings. The Bertz CT molecular complexity index is 1820. The molecule has 1 atom stereocenters. The van der Waals surface area contributed by atoms with Crippen molar-refractivity contribution in [1.29, 1.82) is 0 Å². The van der Waals surface area contributed by atoms with Crippen LogP contribution in [0.2, 0.25) is 0 Å². The molecule has 0 aliphatic carbocycles. The molecule has 3 aromatic carbocycles. The van der Waals surface area contributed by atoms with Crippen molar-refractivity contribution < 1.29 is 23.6 Å². The van der Waals surface area contributed by atoms with Crippen molar-refractivity contribution in [3.63, 3.8) is 0 Å². The lowest BCUT2D eigenvalue weighted by molar-refractivity contribution is -0.386. The molecule has 0 aliphatic heterocycles. The van der Waals surface area contributed by atoms with Crippen LogP contribution < -0.4 is 19.8 Å². The second-order valence-corrected chi connectivity index (χ2v) is 8.96. The maximum absolute atomic E-state index is 13.6. The second-order valence-electron chi connectivity index (χ2n) is 8.96. The molecule has 11 nitrogen and oxygen atoms in total. The summed E-state index contributed by atoms with van der Waals surface area (Å²) >= 11 is 0. The Labute approximate surface area is 228 Å². The van der Waals surface area contributed by atoms with Gasteiger partial charge in [0.25, 0.3) is 5.56 Å². The number of aromatic nitrogens is 2. The number of hydrogen-bond donors (Lipinski definition) is 0. The number of rotatable bonds is 9. The van der Waals surface area contributed by atoms with Crippen molar-refractivity contribution >= 4 is 33.8 Å². The zero-order valence-corrected chi connectivity index (χ0v) is 22.3. The highest BCUT2D eigenvalue weighted by atomic mass is 16.6. The van der Waals surface area contributed by atoms with Gasteiger partial charge in [0.15, 0.2) is 11.5 Å². The summed E-state index contributed by atoms with van der Waals surface area (Å²) in [5.74, 6) is 1.24. The van der Waals surface area contributed by atoms with Crippen LogP contribution in [0.3, 0.4) is 0 Å². The van der Waals surface area contributed by atoms with Crippen LogP contribution in [-0.4, -0.2) is 41.1 Å². The maximum atomic E-state index is 13.6. The summed E-state index contributed by atoms with van der Waals surface area (Å²) in [6.07, 6.45) is 1.71. The van der Waals surface area contributed by atoms with Crippen molar-refractivity contribution in [3.05, 3.63) is 86.7 Å². The van der Waals surface area contributed by atoms with E-state index in [9.17, 15) is 14.9 Å². The van der Waals surface area contributed by atoms with Crippen LogP contribution in [0.15, 0.2) is 75.0 Å². The van der Waals surface area contributed by atoms with Crippen molar-refractivity contribution in [3.8, 4) is 28.8 Å². The normalized spacial score (nSPS) is 12.2. The molecule has 0 saturated heterocycles. The molecule has 5 aromatic rings. The first-order valence-corrected chi connectivity index (χ1v) is 12.5. The predicted molar refractivity (Wildman–Crippen MR) is 151 cm³/mol. The first-order valence-electron chi connectivity index (χ1n) is 12.5. The van der Waals surface area contributed by atoms with E-state index in [0.717, 1.165) is 4.68 Å². The average molecular weight is 543 g/mol. The summed E-state index contributed by atoms with van der Waals surface area (Å²) in [7, 11) is 2.96. The highest BCUT2D eigenvalue weighted by Crippen LogP contribution is 2.39. The molecule has 0 radical (unpaired) electrons. The Hall–Kier alpha value is -5.19. The van der Waals surface area contributed by atoms with Crippen LogP contribution in [0.4, 0.5) is 5.69 Å². The van der Waals surface area contributed by atoms with Crippen molar-refractivity contribution in [2.24, 2.45) is 5.10 Å². The SMILES string of the molecule is CC[C@@H](C)Oc1c(OC)cc(C=Nn2c(-c3cc4c(OC)cccc4o3)nc3ccccc3c2=O)cc1[N+](=O)[O-]. The van der Waals surface area contributed by atoms with Crippen LogP contribution in [0, 0.1) is 10.1 Å². The molecule has 0 aliphatic rings. The molecule has 11 heteroatoms. The fourth-order valence-corrected chi connectivity index (χ4v) is 4.21. The lowest BCUT2D eigenvalue weighted by Crippen LogP contribution is -2.20. The minimum atomic E-state index is -0.547. The smallest absolute Gasteiger partial charge is 0.315 e. The summed E-state index contributed by atoms with van der Waals surface area (Å²) in [6.45, 7) is 3.72. The van der Waals surface area contributed by atoms with E-state index in [2.05, 4.69) is 10.1 Å². The molecule has 204 valence electrons. The van der Waals surface area contributed by atoms with Crippen molar-refractivity contribution in [2.45, 2.75) is 26.4 Å². The number of hydrogen-bond acceptors (Lipinski definition) is 9. The third-order valence-electron chi connectivity index (χ3n) is 6.41. The van der Waals surface area contributed by atoms with E-state index in [1.807, 2.05) is 13.8 Å². The van der Waals surface area contributed by atoms with Crippen molar-refractivity contribution in [1.82, 2.24) is 9.66 Å². The summed E-state index contributed by atoms with van der Waals surface area (Å²) in [4.78, 5) is 29.6. The topological polar surface area (TPSA) is 131 Å². The van der Waals surface area contributed by atoms with Gasteiger partial charge in [0, 0.05) is 11.6 Å². The molecule has 2 heterocycles. The number of fused-ring (bicyclic) bond motifs is 2. The van der Waals surface area contributed by atoms with Gasteiger partial charge in [0.05, 0.1) is 47.8 Å². The van der Waals surface area contributed by atoms with Crippen LogP contribution in [0.1, 0.15) is 25.8 Å². The molecule has 0 spiro atoms. The van der Waals surface area contributed by atoms with Gasteiger partial charge >= 0.3 is 5.69 Å². The minimum absolute atomic E-state index is 0.0282. The summed E-state index contributed by atoms with van der Waals surface area (Å²) in [6, 6.07) is 16.9. The molecular formula is C29H26N4O7. The third-order valence-corrected chi connectivity index (χ3v) is 6.41. The number of para-hydroxylation sites is 1. The second kappa shape index (κ2) is 10.9. The fourth-order valence-electron chi connectivity index (χ4n) is 4.21. The van der Waals surface area contributed by atoms with Crippen LogP contribution in [-0.2, 0) is 0 Å². The molecule has 2 aromatic heterocycles.